The number of nitrogens with one attached hydrogen (secondary N) is 1. The average molecular weight is 475 g/mol. The Hall–Kier alpha value is -4.27. The van der Waals surface area contributed by atoms with E-state index in [2.05, 4.69) is 5.32 Å². The number of ether oxygens (including phenoxy) is 2. The summed E-state index contributed by atoms with van der Waals surface area (Å²) in [5, 5.41) is 2.90. The molecule has 1 aromatic heterocycles. The molecular weight excluding hydrogens is 448 g/mol. The molecule has 1 N–H and O–H groups in total. The Morgan fingerprint density at radius 2 is 1.71 bits per heavy atom. The first-order chi connectivity index (χ1) is 17.0. The molecule has 2 aliphatic rings. The molecule has 0 saturated heterocycles. The summed E-state index contributed by atoms with van der Waals surface area (Å²) in [5.41, 5.74) is 1.96. The van der Waals surface area contributed by atoms with E-state index in [4.69, 9.17) is 9.47 Å². The number of hydrogen-bond donors (Lipinski definition) is 1. The first-order valence-electron chi connectivity index (χ1n) is 11.4. The molecule has 0 spiro atoms. The number of aromatic nitrogens is 1. The predicted molar refractivity (Wildman–Crippen MR) is 129 cm³/mol. The molecule has 0 fully saturated rings. The maximum Gasteiger partial charge on any atom is 0.264 e. The minimum Gasteiger partial charge on any atom is -0.493 e. The number of para-hydroxylation sites is 1. The van der Waals surface area contributed by atoms with Crippen LogP contribution in [0.15, 0.2) is 60.9 Å². The van der Waals surface area contributed by atoms with Crippen molar-refractivity contribution in [3.05, 3.63) is 77.6 Å². The molecule has 5 rings (SSSR count). The van der Waals surface area contributed by atoms with E-state index in [-0.39, 0.29) is 30.7 Å². The van der Waals surface area contributed by atoms with E-state index in [0.29, 0.717) is 47.0 Å². The molecule has 180 valence electrons. The van der Waals surface area contributed by atoms with Crippen molar-refractivity contribution in [1.29, 1.82) is 0 Å². The van der Waals surface area contributed by atoms with Gasteiger partial charge in [0, 0.05) is 44.0 Å². The second-order valence-corrected chi connectivity index (χ2v) is 8.35. The number of carbonyl (C=O) groups excluding carboxylic acids is 3. The van der Waals surface area contributed by atoms with Gasteiger partial charge in [-0.2, -0.15) is 0 Å². The third-order valence-electron chi connectivity index (χ3n) is 6.42. The molecule has 2 aliphatic heterocycles. The van der Waals surface area contributed by atoms with Crippen LogP contribution < -0.4 is 19.7 Å². The SMILES string of the molecule is COc1ccc2c(c1OC)C(=O)N1c3ccccc3C(=O)N(CCC(=O)NCCn3cccc3)C21. The minimum atomic E-state index is -0.674. The molecule has 35 heavy (non-hydrogen) atoms. The highest BCUT2D eigenvalue weighted by Crippen LogP contribution is 2.49. The van der Waals surface area contributed by atoms with Crippen LogP contribution >= 0.6 is 0 Å². The molecule has 3 heterocycles. The zero-order valence-electron chi connectivity index (χ0n) is 19.6. The highest BCUT2D eigenvalue weighted by Gasteiger charge is 2.49. The Balaban J connectivity index is 1.43. The first kappa shape index (κ1) is 22.5. The van der Waals surface area contributed by atoms with Gasteiger partial charge >= 0.3 is 0 Å². The number of nitrogens with zero attached hydrogens (tertiary/aromatic N) is 3. The van der Waals surface area contributed by atoms with Crippen LogP contribution in [0.25, 0.3) is 0 Å². The van der Waals surface area contributed by atoms with Gasteiger partial charge in [-0.05, 0) is 30.3 Å². The highest BCUT2D eigenvalue weighted by molar-refractivity contribution is 6.18. The number of rotatable bonds is 8. The molecule has 9 nitrogen and oxygen atoms in total. The Kier molecular flexibility index (Phi) is 5.90. The number of amides is 3. The summed E-state index contributed by atoms with van der Waals surface area (Å²) < 4.78 is 12.9. The van der Waals surface area contributed by atoms with Crippen LogP contribution in [0.2, 0.25) is 0 Å². The number of benzene rings is 2. The Morgan fingerprint density at radius 3 is 2.46 bits per heavy atom. The predicted octanol–water partition coefficient (Wildman–Crippen LogP) is 2.83. The molecule has 0 bridgehead atoms. The van der Waals surface area contributed by atoms with Crippen LogP contribution in [0.5, 0.6) is 11.5 Å². The van der Waals surface area contributed by atoms with E-state index in [1.807, 2.05) is 29.1 Å². The molecule has 0 radical (unpaired) electrons. The second kappa shape index (κ2) is 9.17. The number of carbonyl (C=O) groups is 3. The smallest absolute Gasteiger partial charge is 0.264 e. The second-order valence-electron chi connectivity index (χ2n) is 8.35. The van der Waals surface area contributed by atoms with Gasteiger partial charge in [-0.1, -0.05) is 18.2 Å². The zero-order chi connectivity index (χ0) is 24.5. The third kappa shape index (κ3) is 3.78. The zero-order valence-corrected chi connectivity index (χ0v) is 19.6. The quantitative estimate of drug-likeness (QED) is 0.542. The van der Waals surface area contributed by atoms with Gasteiger partial charge in [0.25, 0.3) is 11.8 Å². The maximum atomic E-state index is 13.7. The summed E-state index contributed by atoms with van der Waals surface area (Å²) in [6.07, 6.45) is 3.30. The van der Waals surface area contributed by atoms with Crippen molar-refractivity contribution in [2.75, 3.05) is 32.2 Å². The number of hydrogen-bond acceptors (Lipinski definition) is 5. The van der Waals surface area contributed by atoms with Crippen molar-refractivity contribution in [1.82, 2.24) is 14.8 Å². The lowest BCUT2D eigenvalue weighted by Crippen LogP contribution is -2.49. The normalized spacial score (nSPS) is 16.0. The van der Waals surface area contributed by atoms with Crippen LogP contribution in [0.3, 0.4) is 0 Å². The van der Waals surface area contributed by atoms with Gasteiger partial charge in [-0.15, -0.1) is 0 Å². The molecule has 2 aromatic carbocycles. The van der Waals surface area contributed by atoms with Crippen molar-refractivity contribution in [2.45, 2.75) is 19.1 Å². The lowest BCUT2D eigenvalue weighted by atomic mass is 10.0. The fourth-order valence-corrected chi connectivity index (χ4v) is 4.81. The van der Waals surface area contributed by atoms with Crippen molar-refractivity contribution in [3.8, 4) is 11.5 Å². The summed E-state index contributed by atoms with van der Waals surface area (Å²) in [5.74, 6) is 0.108. The maximum absolute atomic E-state index is 13.7. The minimum absolute atomic E-state index is 0.112. The van der Waals surface area contributed by atoms with Crippen molar-refractivity contribution in [2.24, 2.45) is 0 Å². The van der Waals surface area contributed by atoms with E-state index in [1.165, 1.54) is 14.2 Å². The molecule has 3 amide bonds. The number of fused-ring (bicyclic) bond motifs is 5. The van der Waals surface area contributed by atoms with E-state index in [9.17, 15) is 14.4 Å². The van der Waals surface area contributed by atoms with Crippen LogP contribution in [-0.2, 0) is 11.3 Å². The summed E-state index contributed by atoms with van der Waals surface area (Å²) >= 11 is 0. The standard InChI is InChI=1S/C26H26N4O5/c1-34-20-10-9-18-22(23(20)35-2)26(33)30-19-8-4-3-7-17(19)25(32)29(24(18)30)15-11-21(31)27-12-16-28-13-5-6-14-28/h3-10,13-14,24H,11-12,15-16H2,1-2H3,(H,27,31). The number of anilines is 1. The first-order valence-corrected chi connectivity index (χ1v) is 11.4. The van der Waals surface area contributed by atoms with Gasteiger partial charge in [0.2, 0.25) is 5.91 Å². The highest BCUT2D eigenvalue weighted by atomic mass is 16.5. The summed E-state index contributed by atoms with van der Waals surface area (Å²) in [4.78, 5) is 43.0. The number of methoxy groups -OCH3 is 2. The van der Waals surface area contributed by atoms with Crippen molar-refractivity contribution >= 4 is 23.4 Å². The summed E-state index contributed by atoms with van der Waals surface area (Å²) in [6, 6.07) is 14.4. The van der Waals surface area contributed by atoms with E-state index in [0.717, 1.165) is 0 Å². The van der Waals surface area contributed by atoms with E-state index >= 15 is 0 Å². The molecule has 1 unspecified atom stereocenters. The molecule has 1 atom stereocenters. The molecule has 3 aromatic rings. The Bertz CT molecular complexity index is 1290. The molecule has 0 aliphatic carbocycles. The molecular formula is C26H26N4O5. The van der Waals surface area contributed by atoms with E-state index in [1.54, 1.807) is 46.2 Å². The lowest BCUT2D eigenvalue weighted by Gasteiger charge is -2.40. The molecule has 9 heteroatoms. The van der Waals surface area contributed by atoms with Gasteiger partial charge in [-0.25, -0.2) is 0 Å². The average Bonchev–Trinajstić information content (AvgIpc) is 3.50. The van der Waals surface area contributed by atoms with Gasteiger partial charge < -0.3 is 24.3 Å². The fourth-order valence-electron chi connectivity index (χ4n) is 4.81. The third-order valence-corrected chi connectivity index (χ3v) is 6.42. The van der Waals surface area contributed by atoms with Gasteiger partial charge in [0.05, 0.1) is 31.0 Å². The van der Waals surface area contributed by atoms with Crippen molar-refractivity contribution in [3.63, 3.8) is 0 Å². The Labute approximate surface area is 202 Å². The Morgan fingerprint density at radius 1 is 0.943 bits per heavy atom. The van der Waals surface area contributed by atoms with E-state index < -0.39 is 6.17 Å². The summed E-state index contributed by atoms with van der Waals surface area (Å²) in [6.45, 7) is 1.30. The van der Waals surface area contributed by atoms with Crippen LogP contribution in [0.1, 0.15) is 38.9 Å². The van der Waals surface area contributed by atoms with Crippen molar-refractivity contribution < 1.29 is 23.9 Å². The monoisotopic (exact) mass is 474 g/mol. The fraction of sp³-hybridized carbons (Fsp3) is 0.269. The van der Waals surface area contributed by atoms with Gasteiger partial charge in [0.15, 0.2) is 11.5 Å². The molecule has 0 saturated carbocycles. The summed E-state index contributed by atoms with van der Waals surface area (Å²) in [7, 11) is 2.99. The van der Waals surface area contributed by atoms with Gasteiger partial charge in [-0.3, -0.25) is 19.3 Å². The van der Waals surface area contributed by atoms with Crippen LogP contribution in [0.4, 0.5) is 5.69 Å². The van der Waals surface area contributed by atoms with Gasteiger partial charge in [0.1, 0.15) is 6.17 Å². The topological polar surface area (TPSA) is 93.1 Å². The van der Waals surface area contributed by atoms with Crippen LogP contribution in [0, 0.1) is 0 Å². The van der Waals surface area contributed by atoms with Crippen LogP contribution in [-0.4, -0.2) is 54.5 Å². The largest absolute Gasteiger partial charge is 0.493 e. The lowest BCUT2D eigenvalue weighted by molar-refractivity contribution is -0.121.